The molecule has 26 heavy (non-hydrogen) atoms. The second-order valence-electron chi connectivity index (χ2n) is 7.08. The summed E-state index contributed by atoms with van der Waals surface area (Å²) in [6.45, 7) is 8.90. The Morgan fingerprint density at radius 3 is 2.42 bits per heavy atom. The van der Waals surface area contributed by atoms with E-state index in [0.717, 1.165) is 22.5 Å². The SMILES string of the molecule is Cc1cccc(C(C)C)c1NC(=O)N1CCN(c2cccc(F)c2)CC1. The van der Waals surface area contributed by atoms with Crippen molar-refractivity contribution < 1.29 is 9.18 Å². The van der Waals surface area contributed by atoms with Gasteiger partial charge in [0.25, 0.3) is 0 Å². The summed E-state index contributed by atoms with van der Waals surface area (Å²) >= 11 is 0. The number of amides is 2. The molecule has 0 unspecified atom stereocenters. The highest BCUT2D eigenvalue weighted by Gasteiger charge is 2.22. The summed E-state index contributed by atoms with van der Waals surface area (Å²) in [5.41, 5.74) is 4.01. The Balaban J connectivity index is 1.65. The van der Waals surface area contributed by atoms with Gasteiger partial charge in [-0.2, -0.15) is 0 Å². The topological polar surface area (TPSA) is 35.6 Å². The van der Waals surface area contributed by atoms with E-state index in [0.29, 0.717) is 32.1 Å². The molecule has 0 spiro atoms. The fourth-order valence-electron chi connectivity index (χ4n) is 3.37. The van der Waals surface area contributed by atoms with Gasteiger partial charge in [-0.25, -0.2) is 9.18 Å². The van der Waals surface area contributed by atoms with Crippen LogP contribution in [0.25, 0.3) is 0 Å². The van der Waals surface area contributed by atoms with E-state index in [9.17, 15) is 9.18 Å². The fourth-order valence-corrected chi connectivity index (χ4v) is 3.37. The summed E-state index contributed by atoms with van der Waals surface area (Å²) < 4.78 is 13.4. The van der Waals surface area contributed by atoms with E-state index in [2.05, 4.69) is 30.1 Å². The molecule has 1 fully saturated rings. The summed E-state index contributed by atoms with van der Waals surface area (Å²) in [5.74, 6) is 0.110. The van der Waals surface area contributed by atoms with Crippen molar-refractivity contribution in [3.05, 3.63) is 59.4 Å². The zero-order chi connectivity index (χ0) is 18.7. The number of aryl methyl sites for hydroxylation is 1. The highest BCUT2D eigenvalue weighted by atomic mass is 19.1. The van der Waals surface area contributed by atoms with Crippen LogP contribution in [0.3, 0.4) is 0 Å². The Labute approximate surface area is 154 Å². The van der Waals surface area contributed by atoms with Gasteiger partial charge < -0.3 is 15.1 Å². The van der Waals surface area contributed by atoms with Gasteiger partial charge in [0.2, 0.25) is 0 Å². The highest BCUT2D eigenvalue weighted by molar-refractivity contribution is 5.91. The lowest BCUT2D eigenvalue weighted by Gasteiger charge is -2.36. The van der Waals surface area contributed by atoms with Gasteiger partial charge in [-0.05, 0) is 42.2 Å². The van der Waals surface area contributed by atoms with Crippen LogP contribution in [0.4, 0.5) is 20.6 Å². The maximum absolute atomic E-state index is 13.4. The van der Waals surface area contributed by atoms with Gasteiger partial charge in [-0.1, -0.05) is 38.1 Å². The molecule has 1 saturated heterocycles. The summed E-state index contributed by atoms with van der Waals surface area (Å²) in [6, 6.07) is 12.6. The lowest BCUT2D eigenvalue weighted by Crippen LogP contribution is -2.50. The van der Waals surface area contributed by atoms with Gasteiger partial charge in [0.15, 0.2) is 0 Å². The Morgan fingerprint density at radius 2 is 1.77 bits per heavy atom. The van der Waals surface area contributed by atoms with E-state index in [1.165, 1.54) is 12.1 Å². The quantitative estimate of drug-likeness (QED) is 0.872. The smallest absolute Gasteiger partial charge is 0.321 e. The Kier molecular flexibility index (Phi) is 5.45. The van der Waals surface area contributed by atoms with Crippen molar-refractivity contribution in [3.63, 3.8) is 0 Å². The van der Waals surface area contributed by atoms with Crippen molar-refractivity contribution in [2.75, 3.05) is 36.4 Å². The summed E-state index contributed by atoms with van der Waals surface area (Å²) in [6.07, 6.45) is 0. The number of urea groups is 1. The number of anilines is 2. The molecule has 1 heterocycles. The van der Waals surface area contributed by atoms with Gasteiger partial charge in [-0.3, -0.25) is 0 Å². The molecule has 0 atom stereocenters. The van der Waals surface area contributed by atoms with Gasteiger partial charge in [-0.15, -0.1) is 0 Å². The molecule has 2 aromatic carbocycles. The molecule has 1 aliphatic heterocycles. The monoisotopic (exact) mass is 355 g/mol. The van der Waals surface area contributed by atoms with E-state index in [1.807, 2.05) is 30.0 Å². The van der Waals surface area contributed by atoms with E-state index < -0.39 is 0 Å². The molecule has 2 amide bonds. The predicted octanol–water partition coefficient (Wildman–Crippen LogP) is 4.61. The molecule has 138 valence electrons. The van der Waals surface area contributed by atoms with Crippen molar-refractivity contribution in [1.82, 2.24) is 4.90 Å². The third-order valence-electron chi connectivity index (χ3n) is 4.90. The molecule has 2 aromatic rings. The lowest BCUT2D eigenvalue weighted by atomic mass is 9.98. The number of hydrogen-bond acceptors (Lipinski definition) is 2. The third kappa shape index (κ3) is 3.98. The molecule has 0 aromatic heterocycles. The van der Waals surface area contributed by atoms with E-state index in [-0.39, 0.29) is 11.8 Å². The van der Waals surface area contributed by atoms with Crippen molar-refractivity contribution in [2.45, 2.75) is 26.7 Å². The Morgan fingerprint density at radius 1 is 1.08 bits per heavy atom. The molecule has 1 aliphatic rings. The first-order chi connectivity index (χ1) is 12.5. The highest BCUT2D eigenvalue weighted by Crippen LogP contribution is 2.28. The first-order valence-corrected chi connectivity index (χ1v) is 9.11. The van der Waals surface area contributed by atoms with Crippen molar-refractivity contribution in [2.24, 2.45) is 0 Å². The second-order valence-corrected chi connectivity index (χ2v) is 7.08. The first kappa shape index (κ1) is 18.2. The van der Waals surface area contributed by atoms with Crippen LogP contribution in [-0.4, -0.2) is 37.1 Å². The standard InChI is InChI=1S/C21H26FN3O/c1-15(2)19-9-4-6-16(3)20(19)23-21(26)25-12-10-24(11-13-25)18-8-5-7-17(22)14-18/h4-9,14-15H,10-13H2,1-3H3,(H,23,26). The number of halogens is 1. The van der Waals surface area contributed by atoms with Crippen molar-refractivity contribution >= 4 is 17.4 Å². The van der Waals surface area contributed by atoms with Gasteiger partial charge in [0, 0.05) is 37.6 Å². The number of rotatable bonds is 3. The normalized spacial score (nSPS) is 14.7. The van der Waals surface area contributed by atoms with Crippen LogP contribution in [0.15, 0.2) is 42.5 Å². The number of para-hydroxylation sites is 1. The number of benzene rings is 2. The maximum atomic E-state index is 13.4. The van der Waals surface area contributed by atoms with Crippen LogP contribution in [0.1, 0.15) is 30.9 Å². The van der Waals surface area contributed by atoms with Crippen LogP contribution in [0.5, 0.6) is 0 Å². The average molecular weight is 355 g/mol. The molecule has 1 N–H and O–H groups in total. The minimum Gasteiger partial charge on any atom is -0.368 e. The molecule has 3 rings (SSSR count). The minimum atomic E-state index is -0.233. The zero-order valence-corrected chi connectivity index (χ0v) is 15.6. The first-order valence-electron chi connectivity index (χ1n) is 9.11. The number of carbonyl (C=O) groups excluding carboxylic acids is 1. The Bertz CT molecular complexity index is 783. The third-order valence-corrected chi connectivity index (χ3v) is 4.90. The lowest BCUT2D eigenvalue weighted by molar-refractivity contribution is 0.208. The Hall–Kier alpha value is -2.56. The van der Waals surface area contributed by atoms with Crippen LogP contribution < -0.4 is 10.2 Å². The number of piperazine rings is 1. The van der Waals surface area contributed by atoms with E-state index >= 15 is 0 Å². The molecule has 0 radical (unpaired) electrons. The largest absolute Gasteiger partial charge is 0.368 e. The minimum absolute atomic E-state index is 0.0694. The average Bonchev–Trinajstić information content (AvgIpc) is 2.63. The van der Waals surface area contributed by atoms with Crippen molar-refractivity contribution in [1.29, 1.82) is 0 Å². The predicted molar refractivity (Wildman–Crippen MR) is 104 cm³/mol. The number of hydrogen-bond donors (Lipinski definition) is 1. The summed E-state index contributed by atoms with van der Waals surface area (Å²) in [4.78, 5) is 16.7. The molecular formula is C21H26FN3O. The molecule has 0 saturated carbocycles. The summed E-state index contributed by atoms with van der Waals surface area (Å²) in [7, 11) is 0. The number of nitrogens with one attached hydrogen (secondary N) is 1. The van der Waals surface area contributed by atoms with Crippen LogP contribution in [0, 0.1) is 12.7 Å². The van der Waals surface area contributed by atoms with Crippen LogP contribution in [-0.2, 0) is 0 Å². The molecular weight excluding hydrogens is 329 g/mol. The number of nitrogens with zero attached hydrogens (tertiary/aromatic N) is 2. The van der Waals surface area contributed by atoms with Gasteiger partial charge in [0.1, 0.15) is 5.82 Å². The van der Waals surface area contributed by atoms with Gasteiger partial charge >= 0.3 is 6.03 Å². The van der Waals surface area contributed by atoms with Gasteiger partial charge in [0.05, 0.1) is 0 Å². The second kappa shape index (κ2) is 7.77. The van der Waals surface area contributed by atoms with Crippen LogP contribution >= 0.6 is 0 Å². The van der Waals surface area contributed by atoms with Crippen molar-refractivity contribution in [3.8, 4) is 0 Å². The summed E-state index contributed by atoms with van der Waals surface area (Å²) in [5, 5.41) is 3.10. The molecule has 5 heteroatoms. The van der Waals surface area contributed by atoms with E-state index in [1.54, 1.807) is 6.07 Å². The maximum Gasteiger partial charge on any atom is 0.321 e. The number of carbonyl (C=O) groups is 1. The molecule has 4 nitrogen and oxygen atoms in total. The molecule has 0 aliphatic carbocycles. The van der Waals surface area contributed by atoms with E-state index in [4.69, 9.17) is 0 Å². The van der Waals surface area contributed by atoms with Crippen LogP contribution in [0.2, 0.25) is 0 Å². The molecule has 0 bridgehead atoms. The fraction of sp³-hybridized carbons (Fsp3) is 0.381. The zero-order valence-electron chi connectivity index (χ0n) is 15.6.